The van der Waals surface area contributed by atoms with Crippen LogP contribution >= 0.6 is 11.3 Å². The topological polar surface area (TPSA) is 73.0 Å². The van der Waals surface area contributed by atoms with Crippen molar-refractivity contribution in [1.29, 1.82) is 0 Å². The molecule has 1 fully saturated rings. The quantitative estimate of drug-likeness (QED) is 0.746. The van der Waals surface area contributed by atoms with E-state index in [1.807, 2.05) is 23.1 Å². The predicted octanol–water partition coefficient (Wildman–Crippen LogP) is 3.22. The summed E-state index contributed by atoms with van der Waals surface area (Å²) in [7, 11) is 0. The van der Waals surface area contributed by atoms with Gasteiger partial charge in [-0.05, 0) is 37.3 Å². The van der Waals surface area contributed by atoms with Crippen LogP contribution in [-0.4, -0.2) is 27.4 Å². The van der Waals surface area contributed by atoms with E-state index < -0.39 is 0 Å². The van der Waals surface area contributed by atoms with Gasteiger partial charge in [0, 0.05) is 24.2 Å². The molecule has 24 heavy (non-hydrogen) atoms. The third-order valence-corrected chi connectivity index (χ3v) is 5.00. The first-order valence-corrected chi connectivity index (χ1v) is 8.92. The van der Waals surface area contributed by atoms with Crippen LogP contribution in [0.25, 0.3) is 10.6 Å². The normalized spacial score (nSPS) is 14.0. The molecule has 0 saturated heterocycles. The summed E-state index contributed by atoms with van der Waals surface area (Å²) < 4.78 is 7.12. The maximum atomic E-state index is 12.1. The van der Waals surface area contributed by atoms with Crippen LogP contribution in [0.4, 0.5) is 0 Å². The second-order valence-electron chi connectivity index (χ2n) is 6.02. The van der Waals surface area contributed by atoms with Crippen molar-refractivity contribution in [2.75, 3.05) is 6.54 Å². The van der Waals surface area contributed by atoms with Gasteiger partial charge in [0.1, 0.15) is 11.5 Å². The lowest BCUT2D eigenvalue weighted by molar-refractivity contribution is 0.0942. The molecule has 124 valence electrons. The first-order chi connectivity index (χ1) is 11.7. The molecule has 0 aliphatic heterocycles. The number of hydrogen-bond donors (Lipinski definition) is 1. The molecule has 1 aliphatic rings. The number of carbonyl (C=O) groups excluding carboxylic acids is 1. The van der Waals surface area contributed by atoms with E-state index >= 15 is 0 Å². The van der Waals surface area contributed by atoms with Crippen LogP contribution in [0.3, 0.4) is 0 Å². The number of carbonyl (C=O) groups is 1. The van der Waals surface area contributed by atoms with Gasteiger partial charge < -0.3 is 9.84 Å². The lowest BCUT2D eigenvalue weighted by Gasteiger charge is -2.05. The molecule has 7 heteroatoms. The molecule has 0 radical (unpaired) electrons. The lowest BCUT2D eigenvalue weighted by Crippen LogP contribution is -2.28. The van der Waals surface area contributed by atoms with Crippen LogP contribution in [0.5, 0.6) is 0 Å². The van der Waals surface area contributed by atoms with E-state index in [0.717, 1.165) is 34.9 Å². The molecule has 0 atom stereocenters. The van der Waals surface area contributed by atoms with Crippen molar-refractivity contribution in [2.45, 2.75) is 32.2 Å². The Morgan fingerprint density at radius 1 is 1.46 bits per heavy atom. The smallest absolute Gasteiger partial charge is 0.273 e. The van der Waals surface area contributed by atoms with E-state index in [4.69, 9.17) is 4.52 Å². The molecule has 1 saturated carbocycles. The Balaban J connectivity index is 1.34. The van der Waals surface area contributed by atoms with Gasteiger partial charge >= 0.3 is 0 Å². The highest BCUT2D eigenvalue weighted by molar-refractivity contribution is 7.13. The fourth-order valence-corrected chi connectivity index (χ4v) is 3.29. The molecule has 4 rings (SSSR count). The second-order valence-corrected chi connectivity index (χ2v) is 6.96. The molecule has 6 nitrogen and oxygen atoms in total. The Kier molecular flexibility index (Phi) is 3.93. The minimum atomic E-state index is -0.200. The van der Waals surface area contributed by atoms with Crippen molar-refractivity contribution in [1.82, 2.24) is 20.3 Å². The highest BCUT2D eigenvalue weighted by Gasteiger charge is 2.28. The Bertz CT molecular complexity index is 846. The van der Waals surface area contributed by atoms with Gasteiger partial charge in [-0.3, -0.25) is 9.48 Å². The fraction of sp³-hybridized carbons (Fsp3) is 0.353. The molecule has 0 unspecified atom stereocenters. The SMILES string of the molecule is Cc1cc(-c2cccs2)nn1CCNC(=O)c1cc(C2CC2)on1. The van der Waals surface area contributed by atoms with Gasteiger partial charge in [0.05, 0.1) is 11.4 Å². The molecule has 1 N–H and O–H groups in total. The molecule has 0 bridgehead atoms. The van der Waals surface area contributed by atoms with E-state index in [2.05, 4.69) is 27.7 Å². The minimum Gasteiger partial charge on any atom is -0.360 e. The molecular formula is C17H18N4O2S. The van der Waals surface area contributed by atoms with Gasteiger partial charge in [-0.15, -0.1) is 11.3 Å². The average Bonchev–Trinajstić information content (AvgIpc) is 3.01. The third kappa shape index (κ3) is 3.12. The molecule has 0 aromatic carbocycles. The van der Waals surface area contributed by atoms with Crippen molar-refractivity contribution in [3.8, 4) is 10.6 Å². The van der Waals surface area contributed by atoms with E-state index in [1.54, 1.807) is 17.4 Å². The van der Waals surface area contributed by atoms with Gasteiger partial charge in [-0.25, -0.2) is 0 Å². The highest BCUT2D eigenvalue weighted by atomic mass is 32.1. The summed E-state index contributed by atoms with van der Waals surface area (Å²) in [6.07, 6.45) is 2.25. The van der Waals surface area contributed by atoms with Crippen molar-refractivity contribution < 1.29 is 9.32 Å². The number of amides is 1. The van der Waals surface area contributed by atoms with Crippen LogP contribution in [-0.2, 0) is 6.54 Å². The van der Waals surface area contributed by atoms with Crippen molar-refractivity contribution in [3.63, 3.8) is 0 Å². The number of nitrogens with zero attached hydrogens (tertiary/aromatic N) is 3. The summed E-state index contributed by atoms with van der Waals surface area (Å²) >= 11 is 1.67. The van der Waals surface area contributed by atoms with Crippen molar-refractivity contribution in [2.24, 2.45) is 0 Å². The largest absolute Gasteiger partial charge is 0.360 e. The number of aromatic nitrogens is 3. The molecule has 3 aromatic heterocycles. The monoisotopic (exact) mass is 342 g/mol. The molecule has 3 aromatic rings. The van der Waals surface area contributed by atoms with Crippen molar-refractivity contribution in [3.05, 3.63) is 46.8 Å². The van der Waals surface area contributed by atoms with Crippen molar-refractivity contribution >= 4 is 17.2 Å². The first kappa shape index (κ1) is 15.1. The first-order valence-electron chi connectivity index (χ1n) is 8.04. The Labute approximate surface area is 143 Å². The van der Waals surface area contributed by atoms with Gasteiger partial charge in [0.2, 0.25) is 0 Å². The van der Waals surface area contributed by atoms with Gasteiger partial charge in [0.25, 0.3) is 5.91 Å². The Morgan fingerprint density at radius 3 is 3.08 bits per heavy atom. The van der Waals surface area contributed by atoms with E-state index in [0.29, 0.717) is 24.7 Å². The lowest BCUT2D eigenvalue weighted by atomic mass is 10.3. The van der Waals surface area contributed by atoms with E-state index in [-0.39, 0.29) is 5.91 Å². The van der Waals surface area contributed by atoms with Gasteiger partial charge in [0.15, 0.2) is 5.69 Å². The maximum absolute atomic E-state index is 12.1. The van der Waals surface area contributed by atoms with Crippen LogP contribution in [0.2, 0.25) is 0 Å². The number of thiophene rings is 1. The van der Waals surface area contributed by atoms with Gasteiger partial charge in [-0.2, -0.15) is 5.10 Å². The number of rotatable bonds is 6. The standard InChI is InChI=1S/C17H18N4O2S/c1-11-9-13(16-3-2-8-24-16)19-21(11)7-6-18-17(22)14-10-15(23-20-14)12-4-5-12/h2-3,8-10,12H,4-7H2,1H3,(H,18,22). The minimum absolute atomic E-state index is 0.200. The predicted molar refractivity (Wildman–Crippen MR) is 91.1 cm³/mol. The number of aryl methyl sites for hydroxylation is 1. The summed E-state index contributed by atoms with van der Waals surface area (Å²) in [5, 5.41) is 13.4. The number of nitrogens with one attached hydrogen (secondary N) is 1. The summed E-state index contributed by atoms with van der Waals surface area (Å²) in [4.78, 5) is 13.3. The molecule has 0 spiro atoms. The molecule has 1 amide bonds. The number of hydrogen-bond acceptors (Lipinski definition) is 5. The molecule has 1 aliphatic carbocycles. The van der Waals surface area contributed by atoms with Gasteiger partial charge in [-0.1, -0.05) is 11.2 Å². The van der Waals surface area contributed by atoms with Crippen LogP contribution < -0.4 is 5.32 Å². The summed E-state index contributed by atoms with van der Waals surface area (Å²) in [6.45, 7) is 3.14. The summed E-state index contributed by atoms with van der Waals surface area (Å²) in [6, 6.07) is 7.89. The zero-order chi connectivity index (χ0) is 16.5. The van der Waals surface area contributed by atoms with Crippen LogP contribution in [0.1, 0.15) is 40.7 Å². The van der Waals surface area contributed by atoms with E-state index in [9.17, 15) is 4.79 Å². The Morgan fingerprint density at radius 2 is 2.33 bits per heavy atom. The molecular weight excluding hydrogens is 324 g/mol. The zero-order valence-corrected chi connectivity index (χ0v) is 14.2. The summed E-state index contributed by atoms with van der Waals surface area (Å²) in [5.41, 5.74) is 2.40. The second kappa shape index (κ2) is 6.24. The Hall–Kier alpha value is -2.41. The maximum Gasteiger partial charge on any atom is 0.273 e. The third-order valence-electron chi connectivity index (χ3n) is 4.10. The highest BCUT2D eigenvalue weighted by Crippen LogP contribution is 2.40. The van der Waals surface area contributed by atoms with E-state index in [1.165, 1.54) is 0 Å². The fourth-order valence-electron chi connectivity index (χ4n) is 2.60. The van der Waals surface area contributed by atoms with Crippen LogP contribution in [0.15, 0.2) is 34.2 Å². The molecule has 3 heterocycles. The van der Waals surface area contributed by atoms with Crippen LogP contribution in [0, 0.1) is 6.92 Å². The summed E-state index contributed by atoms with van der Waals surface area (Å²) in [5.74, 6) is 1.08. The zero-order valence-electron chi connectivity index (χ0n) is 13.4. The average molecular weight is 342 g/mol.